The van der Waals surface area contributed by atoms with Crippen LogP contribution < -0.4 is 4.74 Å². The van der Waals surface area contributed by atoms with Crippen LogP contribution in [0.3, 0.4) is 0 Å². The molecule has 0 aliphatic heterocycles. The molecule has 0 spiro atoms. The van der Waals surface area contributed by atoms with Crippen molar-refractivity contribution in [1.82, 2.24) is 4.31 Å². The van der Waals surface area contributed by atoms with Crippen LogP contribution in [0.25, 0.3) is 0 Å². The van der Waals surface area contributed by atoms with E-state index in [0.29, 0.717) is 16.0 Å². The van der Waals surface area contributed by atoms with E-state index in [2.05, 4.69) is 15.9 Å². The lowest BCUT2D eigenvalue weighted by molar-refractivity contribution is 0.395. The van der Waals surface area contributed by atoms with E-state index in [1.54, 1.807) is 13.1 Å². The van der Waals surface area contributed by atoms with Gasteiger partial charge in [-0.2, -0.15) is 4.31 Å². The fraction of sp³-hybridized carbons (Fsp3) is 0.286. The Morgan fingerprint density at radius 2 is 2.09 bits per heavy atom. The van der Waals surface area contributed by atoms with Crippen molar-refractivity contribution in [2.75, 3.05) is 14.2 Å². The first-order valence-electron chi connectivity index (χ1n) is 6.29. The number of hydrogen-bond donors (Lipinski definition) is 0. The van der Waals surface area contributed by atoms with Crippen LogP contribution in [0.2, 0.25) is 5.02 Å². The third-order valence-corrected chi connectivity index (χ3v) is 6.82. The molecule has 0 fully saturated rings. The van der Waals surface area contributed by atoms with E-state index < -0.39 is 10.0 Å². The average molecular weight is 425 g/mol. The summed E-state index contributed by atoms with van der Waals surface area (Å²) in [4.78, 5) is 1.05. The number of halogens is 2. The molecule has 120 valence electrons. The number of ether oxygens (including phenoxy) is 1. The van der Waals surface area contributed by atoms with E-state index >= 15 is 0 Å². The SMILES string of the molecule is COc1c(Br)cc(Cl)cc1S(=O)(=O)N(C)Cc1sccc1C. The lowest BCUT2D eigenvalue weighted by Gasteiger charge is -2.19. The van der Waals surface area contributed by atoms with E-state index in [-0.39, 0.29) is 10.6 Å². The van der Waals surface area contributed by atoms with Crippen LogP contribution in [-0.2, 0) is 16.6 Å². The van der Waals surface area contributed by atoms with Crippen LogP contribution in [0.5, 0.6) is 5.75 Å². The minimum atomic E-state index is -3.72. The Labute approximate surface area is 147 Å². The molecule has 0 radical (unpaired) electrons. The number of benzene rings is 1. The van der Waals surface area contributed by atoms with Gasteiger partial charge in [-0.1, -0.05) is 11.6 Å². The summed E-state index contributed by atoms with van der Waals surface area (Å²) in [6.45, 7) is 2.27. The van der Waals surface area contributed by atoms with E-state index in [4.69, 9.17) is 16.3 Å². The Hall–Kier alpha value is -0.600. The number of aryl methyl sites for hydroxylation is 1. The van der Waals surface area contributed by atoms with Crippen LogP contribution >= 0.6 is 38.9 Å². The van der Waals surface area contributed by atoms with Gasteiger partial charge in [0.05, 0.1) is 11.6 Å². The number of rotatable bonds is 5. The number of hydrogen-bond acceptors (Lipinski definition) is 4. The van der Waals surface area contributed by atoms with Crippen molar-refractivity contribution in [2.45, 2.75) is 18.4 Å². The van der Waals surface area contributed by atoms with Gasteiger partial charge < -0.3 is 4.74 Å². The van der Waals surface area contributed by atoms with Gasteiger partial charge in [0.1, 0.15) is 4.90 Å². The van der Waals surface area contributed by atoms with Crippen molar-refractivity contribution in [3.63, 3.8) is 0 Å². The molecule has 0 aliphatic rings. The fourth-order valence-corrected chi connectivity index (χ4v) is 5.49. The van der Waals surface area contributed by atoms with Gasteiger partial charge in [-0.3, -0.25) is 0 Å². The van der Waals surface area contributed by atoms with Gasteiger partial charge >= 0.3 is 0 Å². The molecule has 2 rings (SSSR count). The Balaban J connectivity index is 2.44. The van der Waals surface area contributed by atoms with Crippen LogP contribution in [-0.4, -0.2) is 26.9 Å². The van der Waals surface area contributed by atoms with Crippen molar-refractivity contribution >= 4 is 48.9 Å². The first-order chi connectivity index (χ1) is 10.3. The minimum absolute atomic E-state index is 0.0473. The molecule has 22 heavy (non-hydrogen) atoms. The largest absolute Gasteiger partial charge is 0.494 e. The third kappa shape index (κ3) is 3.49. The summed E-state index contributed by atoms with van der Waals surface area (Å²) in [7, 11) is -0.748. The second kappa shape index (κ2) is 6.88. The molecule has 0 saturated carbocycles. The molecule has 2 aromatic rings. The Kier molecular flexibility index (Phi) is 5.55. The number of nitrogens with zero attached hydrogens (tertiary/aromatic N) is 1. The summed E-state index contributed by atoms with van der Waals surface area (Å²) in [6.07, 6.45) is 0. The van der Waals surface area contributed by atoms with Gasteiger partial charge in [0, 0.05) is 23.5 Å². The van der Waals surface area contributed by atoms with E-state index in [1.807, 2.05) is 18.4 Å². The fourth-order valence-electron chi connectivity index (χ4n) is 1.95. The first kappa shape index (κ1) is 17.7. The van der Waals surface area contributed by atoms with Crippen molar-refractivity contribution in [1.29, 1.82) is 0 Å². The molecular formula is C14H15BrClNO3S2. The molecule has 4 nitrogen and oxygen atoms in total. The number of methoxy groups -OCH3 is 1. The quantitative estimate of drug-likeness (QED) is 0.719. The summed E-state index contributed by atoms with van der Waals surface area (Å²) < 4.78 is 32.7. The highest BCUT2D eigenvalue weighted by molar-refractivity contribution is 9.10. The summed E-state index contributed by atoms with van der Waals surface area (Å²) in [5.41, 5.74) is 1.08. The van der Waals surface area contributed by atoms with Crippen LogP contribution in [0.1, 0.15) is 10.4 Å². The van der Waals surface area contributed by atoms with Crippen LogP contribution in [0.15, 0.2) is 32.9 Å². The Morgan fingerprint density at radius 3 is 2.64 bits per heavy atom. The van der Waals surface area contributed by atoms with E-state index in [9.17, 15) is 8.42 Å². The molecule has 0 aliphatic carbocycles. The van der Waals surface area contributed by atoms with Crippen molar-refractivity contribution < 1.29 is 13.2 Å². The number of sulfonamides is 1. The summed E-state index contributed by atoms with van der Waals surface area (Å²) in [5.74, 6) is 0.249. The van der Waals surface area contributed by atoms with Gasteiger partial charge in [0.25, 0.3) is 0 Å². The molecule has 8 heteroatoms. The molecule has 0 N–H and O–H groups in total. The molecule has 1 heterocycles. The minimum Gasteiger partial charge on any atom is -0.494 e. The van der Waals surface area contributed by atoms with Gasteiger partial charge in [-0.05, 0) is 52.0 Å². The summed E-state index contributed by atoms with van der Waals surface area (Å²) >= 11 is 10.8. The highest BCUT2D eigenvalue weighted by Gasteiger charge is 2.27. The molecule has 0 saturated heterocycles. The zero-order valence-corrected chi connectivity index (χ0v) is 16.2. The lowest BCUT2D eigenvalue weighted by Crippen LogP contribution is -2.27. The maximum Gasteiger partial charge on any atom is 0.246 e. The predicted molar refractivity (Wildman–Crippen MR) is 93.4 cm³/mol. The molecule has 0 amide bonds. The Bertz CT molecular complexity index is 789. The standard InChI is InChI=1S/C14H15BrClNO3S2/c1-9-4-5-21-12(9)8-17(2)22(18,19)13-7-10(16)6-11(15)14(13)20-3/h4-7H,8H2,1-3H3. The van der Waals surface area contributed by atoms with Gasteiger partial charge in [0.2, 0.25) is 10.0 Å². The molecule has 1 aromatic heterocycles. The number of thiophene rings is 1. The van der Waals surface area contributed by atoms with E-state index in [0.717, 1.165) is 10.4 Å². The normalized spacial score (nSPS) is 11.9. The maximum atomic E-state index is 12.8. The third-order valence-electron chi connectivity index (χ3n) is 3.20. The monoisotopic (exact) mass is 423 g/mol. The highest BCUT2D eigenvalue weighted by Crippen LogP contribution is 2.37. The van der Waals surface area contributed by atoms with Gasteiger partial charge in [0.15, 0.2) is 5.75 Å². The van der Waals surface area contributed by atoms with Gasteiger partial charge in [-0.15, -0.1) is 11.3 Å². The lowest BCUT2D eigenvalue weighted by atomic mass is 10.3. The van der Waals surface area contributed by atoms with Gasteiger partial charge in [-0.25, -0.2) is 8.42 Å². The Morgan fingerprint density at radius 1 is 1.41 bits per heavy atom. The zero-order chi connectivity index (χ0) is 16.5. The van der Waals surface area contributed by atoms with E-state index in [1.165, 1.54) is 28.8 Å². The zero-order valence-electron chi connectivity index (χ0n) is 12.3. The average Bonchev–Trinajstić information content (AvgIpc) is 2.83. The van der Waals surface area contributed by atoms with Crippen molar-refractivity contribution in [3.8, 4) is 5.75 Å². The molecule has 0 unspecified atom stereocenters. The summed E-state index contributed by atoms with van der Waals surface area (Å²) in [5, 5.41) is 2.27. The smallest absolute Gasteiger partial charge is 0.246 e. The second-order valence-electron chi connectivity index (χ2n) is 4.71. The maximum absolute atomic E-state index is 12.8. The second-order valence-corrected chi connectivity index (χ2v) is 9.01. The van der Waals surface area contributed by atoms with Crippen LogP contribution in [0, 0.1) is 6.92 Å². The van der Waals surface area contributed by atoms with Crippen molar-refractivity contribution in [3.05, 3.63) is 43.5 Å². The molecule has 1 aromatic carbocycles. The van der Waals surface area contributed by atoms with Crippen molar-refractivity contribution in [2.24, 2.45) is 0 Å². The molecular weight excluding hydrogens is 410 g/mol. The first-order valence-corrected chi connectivity index (χ1v) is 9.78. The highest BCUT2D eigenvalue weighted by atomic mass is 79.9. The predicted octanol–water partition coefficient (Wildman–Crippen LogP) is 4.30. The topological polar surface area (TPSA) is 46.6 Å². The summed E-state index contributed by atoms with van der Waals surface area (Å²) in [6, 6.07) is 4.97. The van der Waals surface area contributed by atoms with Crippen LogP contribution in [0.4, 0.5) is 0 Å². The molecule has 0 bridgehead atoms. The molecule has 0 atom stereocenters.